The SMILES string of the molecule is Nc1ncnc2c1ncn2[C@@H]1O[C@@H]2COP(O)(=S)O[C@@H]3[C@H](F)[C@@H](COP(=O)([S-])O[C@@H]1[C@@H]2F)O[C@H]3n1cnc2c(N)ncnc21. The highest BCUT2D eigenvalue weighted by Gasteiger charge is 2.53. The molecule has 4 aromatic heterocycles. The Hall–Kier alpha value is -2.49. The lowest BCUT2D eigenvalue weighted by molar-refractivity contribution is -0.0592. The molecule has 4 bridgehead atoms. The minimum absolute atomic E-state index is 0.0448. The third kappa shape index (κ3) is 5.26. The van der Waals surface area contributed by atoms with E-state index in [1.165, 1.54) is 21.8 Å². The molecule has 2 unspecified atom stereocenters. The summed E-state index contributed by atoms with van der Waals surface area (Å²) < 4.78 is 81.2. The molecule has 3 aliphatic heterocycles. The zero-order valence-electron chi connectivity index (χ0n) is 21.8. The second-order valence-corrected chi connectivity index (χ2v) is 15.3. The van der Waals surface area contributed by atoms with E-state index in [-0.39, 0.29) is 34.0 Å². The average molecular weight is 694 g/mol. The standard InChI is InChI=1S/C20H22F2N10O8P2S2/c21-9-7-1-35-41(33,43)39-14-10(22)8(38-20(14)32-6-30-12-16(24)26-4-28-18(12)32)2-36-42(34,44)40-13(9)19(37-7)31-5-29-11-15(23)25-3-27-17(11)31/h3-10,13-14,19-20H,1-2H2,(H,33,43)(H,34,44)(H2,23,25,27)(H2,24,26,28)/p-1/t7-,8-,9-,10-,13-,14-,19-,20-,41?,42?/m1/s1. The van der Waals surface area contributed by atoms with Crippen molar-refractivity contribution < 1.29 is 45.8 Å². The Bertz CT molecular complexity index is 1710. The van der Waals surface area contributed by atoms with Gasteiger partial charge in [-0.25, -0.2) is 38.7 Å². The van der Waals surface area contributed by atoms with Crippen LogP contribution in [0.2, 0.25) is 0 Å². The fraction of sp³-hybridized carbons (Fsp3) is 0.500. The van der Waals surface area contributed by atoms with Crippen LogP contribution in [-0.2, 0) is 56.2 Å². The number of nitrogens with zero attached hydrogens (tertiary/aromatic N) is 8. The number of aromatic nitrogens is 8. The second kappa shape index (κ2) is 11.1. The molecule has 3 saturated heterocycles. The molecule has 44 heavy (non-hydrogen) atoms. The van der Waals surface area contributed by atoms with Crippen molar-refractivity contribution in [3.05, 3.63) is 25.3 Å². The number of nitrogens with two attached hydrogens (primary N) is 2. The van der Waals surface area contributed by atoms with Crippen LogP contribution in [0, 0.1) is 0 Å². The van der Waals surface area contributed by atoms with E-state index in [0.29, 0.717) is 0 Å². The van der Waals surface area contributed by atoms with Crippen LogP contribution in [0.3, 0.4) is 0 Å². The van der Waals surface area contributed by atoms with E-state index in [9.17, 15) is 9.46 Å². The number of hydrogen-bond acceptors (Lipinski definition) is 17. The van der Waals surface area contributed by atoms with Crippen molar-refractivity contribution in [2.75, 3.05) is 24.7 Å². The number of rotatable bonds is 2. The van der Waals surface area contributed by atoms with Gasteiger partial charge in [0.2, 0.25) is 6.80 Å². The van der Waals surface area contributed by atoms with Gasteiger partial charge in [-0.1, -0.05) is 0 Å². The molecule has 5 N–H and O–H groups in total. The molecule has 24 heteroatoms. The summed E-state index contributed by atoms with van der Waals surface area (Å²) in [5.41, 5.74) is 12.4. The number of halogens is 2. The molecule has 0 aliphatic carbocycles. The Balaban J connectivity index is 1.22. The summed E-state index contributed by atoms with van der Waals surface area (Å²) in [7, 11) is 0. The van der Waals surface area contributed by atoms with E-state index in [1.807, 2.05) is 0 Å². The van der Waals surface area contributed by atoms with Crippen molar-refractivity contribution in [2.45, 2.75) is 49.2 Å². The maximum atomic E-state index is 15.9. The molecule has 7 heterocycles. The first kappa shape index (κ1) is 30.2. The third-order valence-electron chi connectivity index (χ3n) is 7.16. The minimum atomic E-state index is -4.54. The van der Waals surface area contributed by atoms with Crippen molar-refractivity contribution in [2.24, 2.45) is 0 Å². The summed E-state index contributed by atoms with van der Waals surface area (Å²) in [5.74, 6) is 0.0938. The zero-order chi connectivity index (χ0) is 31.0. The fourth-order valence-corrected chi connectivity index (χ4v) is 7.93. The molecular weight excluding hydrogens is 672 g/mol. The first-order valence-corrected chi connectivity index (χ1v) is 17.8. The van der Waals surface area contributed by atoms with E-state index >= 15 is 8.78 Å². The summed E-state index contributed by atoms with van der Waals surface area (Å²) in [6.07, 6.45) is -8.23. The molecule has 3 fully saturated rings. The van der Waals surface area contributed by atoms with Crippen LogP contribution in [0.1, 0.15) is 12.5 Å². The van der Waals surface area contributed by atoms with Gasteiger partial charge in [-0.3, -0.25) is 18.2 Å². The maximum absolute atomic E-state index is 15.9. The van der Waals surface area contributed by atoms with Gasteiger partial charge in [-0.15, -0.1) is 0 Å². The fourth-order valence-electron chi connectivity index (χ4n) is 5.14. The number of fused-ring (bicyclic) bond motifs is 6. The van der Waals surface area contributed by atoms with Gasteiger partial charge in [0.1, 0.15) is 48.1 Å². The predicted molar refractivity (Wildman–Crippen MR) is 150 cm³/mol. The number of nitrogen functional groups attached to an aromatic ring is 2. The van der Waals surface area contributed by atoms with Gasteiger partial charge in [0.05, 0.1) is 25.9 Å². The van der Waals surface area contributed by atoms with Crippen LogP contribution in [0.5, 0.6) is 0 Å². The molecule has 3 aliphatic rings. The van der Waals surface area contributed by atoms with Crippen molar-refractivity contribution in [1.82, 2.24) is 39.0 Å². The first-order valence-electron chi connectivity index (χ1n) is 12.7. The summed E-state index contributed by atoms with van der Waals surface area (Å²) in [5, 5.41) is 0. The van der Waals surface area contributed by atoms with E-state index in [0.717, 1.165) is 12.7 Å². The zero-order valence-corrected chi connectivity index (χ0v) is 25.3. The van der Waals surface area contributed by atoms with Crippen molar-refractivity contribution in [1.29, 1.82) is 0 Å². The van der Waals surface area contributed by atoms with Crippen molar-refractivity contribution in [3.63, 3.8) is 0 Å². The van der Waals surface area contributed by atoms with Crippen LogP contribution in [0.4, 0.5) is 20.4 Å². The molecule has 0 radical (unpaired) electrons. The van der Waals surface area contributed by atoms with Crippen LogP contribution in [-0.4, -0.2) is 93.9 Å². The van der Waals surface area contributed by atoms with Crippen LogP contribution in [0.15, 0.2) is 25.3 Å². The summed E-state index contributed by atoms with van der Waals surface area (Å²) in [6, 6.07) is 0. The Morgan fingerprint density at radius 1 is 0.841 bits per heavy atom. The summed E-state index contributed by atoms with van der Waals surface area (Å²) >= 11 is 10.2. The van der Waals surface area contributed by atoms with Gasteiger partial charge in [-0.2, -0.15) is 0 Å². The van der Waals surface area contributed by atoms with Crippen LogP contribution < -0.4 is 11.5 Å². The number of imidazole rings is 2. The van der Waals surface area contributed by atoms with Gasteiger partial charge in [0.25, 0.3) is 0 Å². The highest BCUT2D eigenvalue weighted by Crippen LogP contribution is 2.55. The normalized spacial score (nSPS) is 38.3. The van der Waals surface area contributed by atoms with E-state index in [4.69, 9.17) is 63.1 Å². The van der Waals surface area contributed by atoms with Gasteiger partial charge in [-0.05, 0) is 11.8 Å². The Morgan fingerprint density at radius 3 is 1.84 bits per heavy atom. The molecule has 0 amide bonds. The van der Waals surface area contributed by atoms with Gasteiger partial charge >= 0.3 is 6.72 Å². The molecule has 0 spiro atoms. The highest BCUT2D eigenvalue weighted by atomic mass is 32.7. The quantitative estimate of drug-likeness (QED) is 0.196. The smallest absolute Gasteiger partial charge is 0.325 e. The number of anilines is 2. The third-order valence-corrected chi connectivity index (χ3v) is 10.3. The lowest BCUT2D eigenvalue weighted by Gasteiger charge is -2.31. The highest BCUT2D eigenvalue weighted by molar-refractivity contribution is 8.32. The van der Waals surface area contributed by atoms with Crippen LogP contribution in [0.25, 0.3) is 22.3 Å². The van der Waals surface area contributed by atoms with E-state index < -0.39 is 75.9 Å². The first-order chi connectivity index (χ1) is 20.9. The predicted octanol–water partition coefficient (Wildman–Crippen LogP) is 0.991. The summed E-state index contributed by atoms with van der Waals surface area (Å²) in [6.45, 7) is -10.3. The molecule has 10 atom stereocenters. The van der Waals surface area contributed by atoms with E-state index in [2.05, 4.69) is 29.9 Å². The Kier molecular flexibility index (Phi) is 7.61. The Morgan fingerprint density at radius 2 is 1.32 bits per heavy atom. The maximum Gasteiger partial charge on any atom is 0.325 e. The second-order valence-electron chi connectivity index (χ2n) is 9.83. The van der Waals surface area contributed by atoms with Crippen LogP contribution >= 0.6 is 13.5 Å². The lowest BCUT2D eigenvalue weighted by atomic mass is 10.1. The lowest BCUT2D eigenvalue weighted by Crippen LogP contribution is -2.34. The molecule has 4 aromatic rings. The monoisotopic (exact) mass is 693 g/mol. The largest absolute Gasteiger partial charge is 0.660 e. The molecule has 18 nitrogen and oxygen atoms in total. The van der Waals surface area contributed by atoms with Gasteiger partial charge in [0.15, 0.2) is 47.7 Å². The number of ether oxygens (including phenoxy) is 2. The minimum Gasteiger partial charge on any atom is -0.660 e. The molecule has 236 valence electrons. The Labute approximate surface area is 255 Å². The average Bonchev–Trinajstić information content (AvgIpc) is 3.73. The number of alkyl halides is 2. The topological polar surface area (TPSA) is 232 Å². The molecular formula is C20H21F2N10O8P2S2-. The van der Waals surface area contributed by atoms with Crippen molar-refractivity contribution in [3.8, 4) is 0 Å². The van der Waals surface area contributed by atoms with E-state index in [1.54, 1.807) is 0 Å². The van der Waals surface area contributed by atoms with Gasteiger partial charge < -0.3 is 51.7 Å². The van der Waals surface area contributed by atoms with Crippen molar-refractivity contribution >= 4 is 71.5 Å². The molecule has 0 aromatic carbocycles. The number of hydrogen-bond donors (Lipinski definition) is 3. The molecule has 7 rings (SSSR count). The van der Waals surface area contributed by atoms with Gasteiger partial charge in [0, 0.05) is 0 Å². The molecule has 0 saturated carbocycles. The summed E-state index contributed by atoms with van der Waals surface area (Å²) in [4.78, 5) is 35.2.